The SMILES string of the molecule is Cc1ccn(CC(=O)N2CCc3nc(-c4ccc(F)cc4F)[nH]c3C2)n1. The van der Waals surface area contributed by atoms with E-state index >= 15 is 0 Å². The van der Waals surface area contributed by atoms with Gasteiger partial charge in [-0.1, -0.05) is 0 Å². The molecule has 0 atom stereocenters. The Morgan fingerprint density at radius 2 is 2.15 bits per heavy atom. The van der Waals surface area contributed by atoms with Crippen molar-refractivity contribution in [2.24, 2.45) is 0 Å². The van der Waals surface area contributed by atoms with Crippen molar-refractivity contribution in [2.45, 2.75) is 26.4 Å². The Balaban J connectivity index is 1.52. The molecule has 1 aliphatic rings. The summed E-state index contributed by atoms with van der Waals surface area (Å²) in [6, 6.07) is 5.23. The fourth-order valence-corrected chi connectivity index (χ4v) is 3.11. The lowest BCUT2D eigenvalue weighted by molar-refractivity contribution is -0.133. The van der Waals surface area contributed by atoms with Crippen molar-refractivity contribution in [3.05, 3.63) is 59.2 Å². The number of fused-ring (bicyclic) bond motifs is 1. The van der Waals surface area contributed by atoms with Crippen LogP contribution in [0.4, 0.5) is 8.78 Å². The lowest BCUT2D eigenvalue weighted by Gasteiger charge is -2.26. The number of nitrogens with zero attached hydrogens (tertiary/aromatic N) is 4. The fraction of sp³-hybridized carbons (Fsp3) is 0.278. The van der Waals surface area contributed by atoms with Crippen LogP contribution in [-0.4, -0.2) is 37.1 Å². The molecule has 1 aromatic carbocycles. The maximum Gasteiger partial charge on any atom is 0.244 e. The average molecular weight is 357 g/mol. The van der Waals surface area contributed by atoms with Gasteiger partial charge in [-0.15, -0.1) is 0 Å². The summed E-state index contributed by atoms with van der Waals surface area (Å²) >= 11 is 0. The van der Waals surface area contributed by atoms with Gasteiger partial charge in [0.05, 0.1) is 29.2 Å². The predicted molar refractivity (Wildman–Crippen MR) is 90.0 cm³/mol. The first-order valence-electron chi connectivity index (χ1n) is 8.30. The molecule has 0 unspecified atom stereocenters. The Kier molecular flexibility index (Phi) is 4.02. The molecule has 134 valence electrons. The molecule has 1 N–H and O–H groups in total. The van der Waals surface area contributed by atoms with Crippen LogP contribution in [0.3, 0.4) is 0 Å². The molecule has 0 aliphatic carbocycles. The number of amides is 1. The number of hydrogen-bond acceptors (Lipinski definition) is 3. The maximum atomic E-state index is 14.0. The Labute approximate surface area is 148 Å². The number of carbonyl (C=O) groups is 1. The number of aryl methyl sites for hydroxylation is 1. The van der Waals surface area contributed by atoms with Crippen molar-refractivity contribution >= 4 is 5.91 Å². The van der Waals surface area contributed by atoms with Crippen LogP contribution in [0.5, 0.6) is 0 Å². The van der Waals surface area contributed by atoms with Crippen LogP contribution in [0, 0.1) is 18.6 Å². The number of nitrogens with one attached hydrogen (secondary N) is 1. The summed E-state index contributed by atoms with van der Waals surface area (Å²) in [6.45, 7) is 2.97. The van der Waals surface area contributed by atoms with Crippen LogP contribution in [0.15, 0.2) is 30.5 Å². The highest BCUT2D eigenvalue weighted by Crippen LogP contribution is 2.25. The van der Waals surface area contributed by atoms with Crippen molar-refractivity contribution in [3.8, 4) is 11.4 Å². The van der Waals surface area contributed by atoms with E-state index in [1.807, 2.05) is 13.0 Å². The minimum absolute atomic E-state index is 0.0390. The molecule has 1 aliphatic heterocycles. The monoisotopic (exact) mass is 357 g/mol. The molecule has 0 radical (unpaired) electrons. The molecular formula is C18H17F2N5O. The predicted octanol–water partition coefficient (Wildman–Crippen LogP) is 2.44. The van der Waals surface area contributed by atoms with Crippen molar-refractivity contribution in [3.63, 3.8) is 0 Å². The van der Waals surface area contributed by atoms with Crippen molar-refractivity contribution < 1.29 is 13.6 Å². The van der Waals surface area contributed by atoms with Gasteiger partial charge in [-0.3, -0.25) is 9.48 Å². The summed E-state index contributed by atoms with van der Waals surface area (Å²) in [7, 11) is 0. The number of benzene rings is 1. The van der Waals surface area contributed by atoms with Crippen LogP contribution < -0.4 is 0 Å². The van der Waals surface area contributed by atoms with Gasteiger partial charge in [0.1, 0.15) is 24.0 Å². The van der Waals surface area contributed by atoms with Crippen molar-refractivity contribution in [1.82, 2.24) is 24.6 Å². The number of H-pyrrole nitrogens is 1. The summed E-state index contributed by atoms with van der Waals surface area (Å²) < 4.78 is 28.7. The van der Waals surface area contributed by atoms with E-state index in [9.17, 15) is 13.6 Å². The largest absolute Gasteiger partial charge is 0.340 e. The fourth-order valence-electron chi connectivity index (χ4n) is 3.11. The van der Waals surface area contributed by atoms with E-state index in [2.05, 4.69) is 15.1 Å². The van der Waals surface area contributed by atoms with Gasteiger partial charge in [-0.25, -0.2) is 13.8 Å². The summed E-state index contributed by atoms with van der Waals surface area (Å²) in [5.74, 6) is -0.987. The van der Waals surface area contributed by atoms with Crippen LogP contribution in [0.1, 0.15) is 17.1 Å². The van der Waals surface area contributed by atoms with Gasteiger partial charge in [-0.2, -0.15) is 5.10 Å². The van der Waals surface area contributed by atoms with E-state index in [-0.39, 0.29) is 18.0 Å². The smallest absolute Gasteiger partial charge is 0.244 e. The second kappa shape index (κ2) is 6.36. The third kappa shape index (κ3) is 3.10. The average Bonchev–Trinajstić information content (AvgIpc) is 3.19. The first kappa shape index (κ1) is 16.4. The number of rotatable bonds is 3. The molecule has 0 saturated heterocycles. The van der Waals surface area contributed by atoms with Gasteiger partial charge in [0, 0.05) is 25.2 Å². The van der Waals surface area contributed by atoms with E-state index < -0.39 is 11.6 Å². The molecule has 1 amide bonds. The zero-order valence-corrected chi connectivity index (χ0v) is 14.2. The van der Waals surface area contributed by atoms with E-state index in [1.165, 1.54) is 12.1 Å². The number of aromatic nitrogens is 4. The third-order valence-corrected chi connectivity index (χ3v) is 4.44. The molecule has 0 spiro atoms. The van der Waals surface area contributed by atoms with Crippen molar-refractivity contribution in [2.75, 3.05) is 6.54 Å². The van der Waals surface area contributed by atoms with Gasteiger partial charge in [0.25, 0.3) is 0 Å². The highest BCUT2D eigenvalue weighted by Gasteiger charge is 2.25. The van der Waals surface area contributed by atoms with Gasteiger partial charge >= 0.3 is 0 Å². The zero-order chi connectivity index (χ0) is 18.3. The minimum Gasteiger partial charge on any atom is -0.340 e. The van der Waals surface area contributed by atoms with Crippen LogP contribution >= 0.6 is 0 Å². The molecule has 2 aromatic heterocycles. The molecule has 8 heteroatoms. The standard InChI is InChI=1S/C18H17F2N5O/c1-11-4-7-25(23-11)10-17(26)24-6-5-15-16(9-24)22-18(21-15)13-3-2-12(19)8-14(13)20/h2-4,7-8H,5-6,9-10H2,1H3,(H,21,22). The number of carbonyl (C=O) groups excluding carboxylic acids is 1. The molecule has 3 aromatic rings. The minimum atomic E-state index is -0.668. The lowest BCUT2D eigenvalue weighted by atomic mass is 10.1. The molecule has 4 rings (SSSR count). The van der Waals surface area contributed by atoms with E-state index in [1.54, 1.807) is 15.8 Å². The summed E-state index contributed by atoms with van der Waals surface area (Å²) in [5, 5.41) is 4.23. The second-order valence-corrected chi connectivity index (χ2v) is 6.35. The van der Waals surface area contributed by atoms with E-state index in [0.29, 0.717) is 25.3 Å². The summed E-state index contributed by atoms with van der Waals surface area (Å²) in [4.78, 5) is 21.7. The Bertz CT molecular complexity index is 978. The molecule has 0 fully saturated rings. The summed E-state index contributed by atoms with van der Waals surface area (Å²) in [5.41, 5.74) is 2.66. The Morgan fingerprint density at radius 1 is 1.31 bits per heavy atom. The number of hydrogen-bond donors (Lipinski definition) is 1. The van der Waals surface area contributed by atoms with Gasteiger partial charge in [0.15, 0.2) is 0 Å². The van der Waals surface area contributed by atoms with Crippen LogP contribution in [0.2, 0.25) is 0 Å². The molecule has 0 saturated carbocycles. The second-order valence-electron chi connectivity index (χ2n) is 6.35. The quantitative estimate of drug-likeness (QED) is 0.783. The van der Waals surface area contributed by atoms with E-state index in [0.717, 1.165) is 23.1 Å². The number of halogens is 2. The van der Waals surface area contributed by atoms with Gasteiger partial charge in [-0.05, 0) is 25.1 Å². The number of imidazole rings is 1. The van der Waals surface area contributed by atoms with Gasteiger partial charge in [0.2, 0.25) is 5.91 Å². The molecule has 3 heterocycles. The third-order valence-electron chi connectivity index (χ3n) is 4.44. The Morgan fingerprint density at radius 3 is 2.88 bits per heavy atom. The van der Waals surface area contributed by atoms with Crippen LogP contribution in [0.25, 0.3) is 11.4 Å². The maximum absolute atomic E-state index is 14.0. The molecular weight excluding hydrogens is 340 g/mol. The topological polar surface area (TPSA) is 66.8 Å². The molecule has 0 bridgehead atoms. The summed E-state index contributed by atoms with van der Waals surface area (Å²) in [6.07, 6.45) is 2.35. The first-order chi connectivity index (χ1) is 12.5. The van der Waals surface area contributed by atoms with E-state index in [4.69, 9.17) is 0 Å². The van der Waals surface area contributed by atoms with Crippen molar-refractivity contribution in [1.29, 1.82) is 0 Å². The molecule has 6 nitrogen and oxygen atoms in total. The molecule has 26 heavy (non-hydrogen) atoms. The first-order valence-corrected chi connectivity index (χ1v) is 8.30. The highest BCUT2D eigenvalue weighted by molar-refractivity contribution is 5.76. The Hall–Kier alpha value is -3.03. The normalized spacial score (nSPS) is 13.7. The highest BCUT2D eigenvalue weighted by atomic mass is 19.1. The van der Waals surface area contributed by atoms with Crippen LogP contribution in [-0.2, 0) is 24.3 Å². The zero-order valence-electron chi connectivity index (χ0n) is 14.2. The lowest BCUT2D eigenvalue weighted by Crippen LogP contribution is -2.38. The van der Waals surface area contributed by atoms with Gasteiger partial charge < -0.3 is 9.88 Å². The number of aromatic amines is 1.